The summed E-state index contributed by atoms with van der Waals surface area (Å²) in [5, 5.41) is 2.90. The molecular weight excluding hydrogens is 238 g/mol. The Hall–Kier alpha value is -2.29. The van der Waals surface area contributed by atoms with Crippen molar-refractivity contribution in [3.63, 3.8) is 0 Å². The number of furan rings is 1. The maximum atomic E-state index is 11.7. The van der Waals surface area contributed by atoms with Crippen LogP contribution in [0.5, 0.6) is 0 Å². The average molecular weight is 255 g/mol. The van der Waals surface area contributed by atoms with Gasteiger partial charge in [0.1, 0.15) is 5.76 Å². The van der Waals surface area contributed by atoms with Crippen LogP contribution in [0, 0.1) is 0 Å². The van der Waals surface area contributed by atoms with Gasteiger partial charge in [0.15, 0.2) is 0 Å². The average Bonchev–Trinajstić information content (AvgIpc) is 2.90. The quantitative estimate of drug-likeness (QED) is 0.834. The third-order valence-corrected chi connectivity index (χ3v) is 2.70. The summed E-state index contributed by atoms with van der Waals surface area (Å²) in [4.78, 5) is 11.7. The molecule has 98 valence electrons. The molecule has 0 aliphatic carbocycles. The Kier molecular flexibility index (Phi) is 4.56. The predicted octanol–water partition coefficient (Wildman–Crippen LogP) is 3.04. The zero-order valence-corrected chi connectivity index (χ0v) is 10.9. The normalized spacial score (nSPS) is 12.5. The first-order chi connectivity index (χ1) is 9.24. The van der Waals surface area contributed by atoms with Crippen molar-refractivity contribution in [2.24, 2.45) is 0 Å². The van der Waals surface area contributed by atoms with Crippen LogP contribution >= 0.6 is 0 Å². The third-order valence-electron chi connectivity index (χ3n) is 2.70. The van der Waals surface area contributed by atoms with Gasteiger partial charge in [0.05, 0.1) is 6.26 Å². The van der Waals surface area contributed by atoms with Crippen molar-refractivity contribution in [1.29, 1.82) is 0 Å². The maximum Gasteiger partial charge on any atom is 0.244 e. The van der Waals surface area contributed by atoms with Crippen molar-refractivity contribution in [3.05, 3.63) is 66.1 Å². The van der Waals surface area contributed by atoms with Crippen LogP contribution in [0.1, 0.15) is 18.2 Å². The maximum absolute atomic E-state index is 11.7. The highest BCUT2D eigenvalue weighted by Gasteiger charge is 2.07. The fourth-order valence-electron chi connectivity index (χ4n) is 1.81. The second-order valence-corrected chi connectivity index (χ2v) is 4.44. The van der Waals surface area contributed by atoms with E-state index in [0.29, 0.717) is 6.42 Å². The second-order valence-electron chi connectivity index (χ2n) is 4.44. The lowest BCUT2D eigenvalue weighted by Crippen LogP contribution is -2.32. The molecule has 3 nitrogen and oxygen atoms in total. The monoisotopic (exact) mass is 255 g/mol. The van der Waals surface area contributed by atoms with Crippen LogP contribution in [0.2, 0.25) is 0 Å². The molecule has 0 spiro atoms. The highest BCUT2D eigenvalue weighted by molar-refractivity contribution is 5.91. The van der Waals surface area contributed by atoms with Crippen LogP contribution in [0.25, 0.3) is 6.08 Å². The molecule has 0 radical (unpaired) electrons. The number of hydrogen-bond acceptors (Lipinski definition) is 2. The Bertz CT molecular complexity index is 529. The van der Waals surface area contributed by atoms with Gasteiger partial charge in [0.2, 0.25) is 5.91 Å². The topological polar surface area (TPSA) is 42.2 Å². The van der Waals surface area contributed by atoms with Gasteiger partial charge < -0.3 is 9.73 Å². The smallest absolute Gasteiger partial charge is 0.244 e. The molecule has 19 heavy (non-hydrogen) atoms. The third kappa shape index (κ3) is 4.47. The minimum atomic E-state index is -0.0945. The summed E-state index contributed by atoms with van der Waals surface area (Å²) in [6.07, 6.45) is 5.68. The lowest BCUT2D eigenvalue weighted by atomic mass is 10.2. The lowest BCUT2D eigenvalue weighted by Gasteiger charge is -2.10. The number of rotatable bonds is 5. The van der Waals surface area contributed by atoms with Crippen molar-refractivity contribution < 1.29 is 9.21 Å². The summed E-state index contributed by atoms with van der Waals surface area (Å²) in [6, 6.07) is 13.5. The van der Waals surface area contributed by atoms with E-state index in [1.807, 2.05) is 49.4 Å². The van der Waals surface area contributed by atoms with Crippen molar-refractivity contribution in [1.82, 2.24) is 5.32 Å². The first-order valence-electron chi connectivity index (χ1n) is 6.30. The Morgan fingerprint density at radius 2 is 2.05 bits per heavy atom. The van der Waals surface area contributed by atoms with Gasteiger partial charge in [-0.15, -0.1) is 0 Å². The van der Waals surface area contributed by atoms with Crippen LogP contribution in [0.15, 0.2) is 59.2 Å². The SMILES string of the molecule is CC(Cc1ccco1)NC(=O)C=Cc1ccccc1. The number of benzene rings is 1. The van der Waals surface area contributed by atoms with Gasteiger partial charge in [-0.05, 0) is 30.7 Å². The summed E-state index contributed by atoms with van der Waals surface area (Å²) in [5.41, 5.74) is 1.01. The molecule has 0 bridgehead atoms. The number of carbonyl (C=O) groups is 1. The Morgan fingerprint density at radius 3 is 2.74 bits per heavy atom. The van der Waals surface area contributed by atoms with E-state index in [1.165, 1.54) is 0 Å². The van der Waals surface area contributed by atoms with Crippen molar-refractivity contribution >= 4 is 12.0 Å². The van der Waals surface area contributed by atoms with Crippen LogP contribution in [-0.4, -0.2) is 11.9 Å². The van der Waals surface area contributed by atoms with E-state index in [4.69, 9.17) is 4.42 Å². The molecule has 1 heterocycles. The van der Waals surface area contributed by atoms with Crippen LogP contribution in [0.3, 0.4) is 0 Å². The minimum absolute atomic E-state index is 0.0408. The highest BCUT2D eigenvalue weighted by Crippen LogP contribution is 2.04. The first-order valence-corrected chi connectivity index (χ1v) is 6.30. The minimum Gasteiger partial charge on any atom is -0.469 e. The Labute approximate surface area is 112 Å². The van der Waals surface area contributed by atoms with E-state index >= 15 is 0 Å². The first kappa shape index (κ1) is 13.1. The molecule has 1 N–H and O–H groups in total. The van der Waals surface area contributed by atoms with E-state index in [0.717, 1.165) is 11.3 Å². The zero-order valence-electron chi connectivity index (χ0n) is 10.9. The summed E-state index contributed by atoms with van der Waals surface area (Å²) >= 11 is 0. The molecule has 0 fully saturated rings. The number of hydrogen-bond donors (Lipinski definition) is 1. The zero-order chi connectivity index (χ0) is 13.5. The van der Waals surface area contributed by atoms with E-state index in [2.05, 4.69) is 5.32 Å². The van der Waals surface area contributed by atoms with Gasteiger partial charge in [-0.3, -0.25) is 4.79 Å². The van der Waals surface area contributed by atoms with Crippen molar-refractivity contribution in [3.8, 4) is 0 Å². The molecule has 1 aromatic heterocycles. The van der Waals surface area contributed by atoms with Gasteiger partial charge in [-0.2, -0.15) is 0 Å². The molecule has 1 unspecified atom stereocenters. The van der Waals surface area contributed by atoms with Gasteiger partial charge in [-0.1, -0.05) is 30.3 Å². The van der Waals surface area contributed by atoms with Gasteiger partial charge >= 0.3 is 0 Å². The molecule has 3 heteroatoms. The molecular formula is C16H17NO2. The Morgan fingerprint density at radius 1 is 1.26 bits per heavy atom. The fraction of sp³-hybridized carbons (Fsp3) is 0.188. The van der Waals surface area contributed by atoms with E-state index in [9.17, 15) is 4.79 Å². The summed E-state index contributed by atoms with van der Waals surface area (Å²) < 4.78 is 5.25. The summed E-state index contributed by atoms with van der Waals surface area (Å²) in [5.74, 6) is 0.780. The molecule has 0 aliphatic heterocycles. The van der Waals surface area contributed by atoms with E-state index in [1.54, 1.807) is 18.4 Å². The van der Waals surface area contributed by atoms with E-state index < -0.39 is 0 Å². The van der Waals surface area contributed by atoms with E-state index in [-0.39, 0.29) is 11.9 Å². The second kappa shape index (κ2) is 6.59. The van der Waals surface area contributed by atoms with Gasteiger partial charge in [0.25, 0.3) is 0 Å². The molecule has 1 aromatic carbocycles. The molecule has 0 saturated carbocycles. The predicted molar refractivity (Wildman–Crippen MR) is 75.5 cm³/mol. The van der Waals surface area contributed by atoms with Gasteiger partial charge in [-0.25, -0.2) is 0 Å². The van der Waals surface area contributed by atoms with Gasteiger partial charge in [0, 0.05) is 18.5 Å². The standard InChI is InChI=1S/C16H17NO2/c1-13(12-15-8-5-11-19-15)17-16(18)10-9-14-6-3-2-4-7-14/h2-11,13H,12H2,1H3,(H,17,18). The molecule has 0 saturated heterocycles. The highest BCUT2D eigenvalue weighted by atomic mass is 16.3. The van der Waals surface area contributed by atoms with Crippen molar-refractivity contribution in [2.75, 3.05) is 0 Å². The lowest BCUT2D eigenvalue weighted by molar-refractivity contribution is -0.117. The van der Waals surface area contributed by atoms with Crippen molar-refractivity contribution in [2.45, 2.75) is 19.4 Å². The summed E-state index contributed by atoms with van der Waals surface area (Å²) in [6.45, 7) is 1.96. The van der Waals surface area contributed by atoms with Crippen LogP contribution < -0.4 is 5.32 Å². The number of amides is 1. The molecule has 2 rings (SSSR count). The largest absolute Gasteiger partial charge is 0.469 e. The number of nitrogens with one attached hydrogen (secondary N) is 1. The summed E-state index contributed by atoms with van der Waals surface area (Å²) in [7, 11) is 0. The molecule has 1 atom stereocenters. The fourth-order valence-corrected chi connectivity index (χ4v) is 1.81. The van der Waals surface area contributed by atoms with Crippen LogP contribution in [0.4, 0.5) is 0 Å². The molecule has 0 aliphatic rings. The number of carbonyl (C=O) groups excluding carboxylic acids is 1. The Balaban J connectivity index is 1.82. The molecule has 1 amide bonds. The molecule has 2 aromatic rings. The van der Waals surface area contributed by atoms with Crippen LogP contribution in [-0.2, 0) is 11.2 Å².